The van der Waals surface area contributed by atoms with E-state index in [1.807, 2.05) is 13.8 Å². The lowest BCUT2D eigenvalue weighted by molar-refractivity contribution is -0.154. The van der Waals surface area contributed by atoms with Gasteiger partial charge in [-0.1, -0.05) is 13.8 Å². The molecule has 0 radical (unpaired) electrons. The Labute approximate surface area is 151 Å². The average Bonchev–Trinajstić information content (AvgIpc) is 2.50. The zero-order valence-electron chi connectivity index (χ0n) is 13.4. The summed E-state index contributed by atoms with van der Waals surface area (Å²) in [6.45, 7) is 2.51. The van der Waals surface area contributed by atoms with Gasteiger partial charge in [-0.25, -0.2) is 4.98 Å². The zero-order valence-corrected chi connectivity index (χ0v) is 15.0. The summed E-state index contributed by atoms with van der Waals surface area (Å²) in [5.41, 5.74) is 5.46. The van der Waals surface area contributed by atoms with Crippen molar-refractivity contribution in [2.75, 3.05) is 13.2 Å². The number of hydrogen-bond donors (Lipinski definition) is 2. The van der Waals surface area contributed by atoms with Gasteiger partial charge in [-0.15, -0.1) is 24.8 Å². The number of carbonyl (C=O) groups is 1. The minimum Gasteiger partial charge on any atom is -0.467 e. The molecule has 1 aromatic rings. The molecule has 0 atom stereocenters. The Morgan fingerprint density at radius 2 is 1.88 bits per heavy atom. The van der Waals surface area contributed by atoms with Gasteiger partial charge >= 0.3 is 6.18 Å². The van der Waals surface area contributed by atoms with Gasteiger partial charge in [-0.05, 0) is 25.0 Å². The fraction of sp³-hybridized carbons (Fsp3) is 0.571. The van der Waals surface area contributed by atoms with Gasteiger partial charge in [0.25, 0.3) is 5.91 Å². The van der Waals surface area contributed by atoms with Gasteiger partial charge in [0.2, 0.25) is 5.88 Å². The van der Waals surface area contributed by atoms with Gasteiger partial charge in [0.05, 0.1) is 0 Å². The third-order valence-electron chi connectivity index (χ3n) is 3.40. The van der Waals surface area contributed by atoms with E-state index in [0.717, 1.165) is 0 Å². The molecule has 0 saturated heterocycles. The van der Waals surface area contributed by atoms with Crippen LogP contribution in [0.2, 0.25) is 0 Å². The molecular formula is C14H22Cl2F3N3O2. The van der Waals surface area contributed by atoms with Crippen LogP contribution in [0.15, 0.2) is 18.3 Å². The first-order valence-electron chi connectivity index (χ1n) is 6.92. The van der Waals surface area contributed by atoms with Crippen LogP contribution in [-0.2, 0) is 0 Å². The number of amides is 1. The highest BCUT2D eigenvalue weighted by atomic mass is 35.5. The predicted octanol–water partition coefficient (Wildman–Crippen LogP) is 3.11. The number of rotatable bonds is 7. The molecule has 0 saturated carbocycles. The van der Waals surface area contributed by atoms with Crippen LogP contribution >= 0.6 is 24.8 Å². The molecule has 0 aliphatic rings. The van der Waals surface area contributed by atoms with Crippen molar-refractivity contribution in [2.45, 2.75) is 38.4 Å². The topological polar surface area (TPSA) is 77.2 Å². The van der Waals surface area contributed by atoms with Crippen molar-refractivity contribution in [1.82, 2.24) is 10.3 Å². The average molecular weight is 392 g/mol. The molecule has 1 amide bonds. The molecule has 1 rings (SSSR count). The Hall–Kier alpha value is -1.25. The molecule has 0 aliphatic heterocycles. The van der Waals surface area contributed by atoms with Gasteiger partial charge in [0, 0.05) is 18.3 Å². The van der Waals surface area contributed by atoms with Gasteiger partial charge in [0.1, 0.15) is 5.56 Å². The summed E-state index contributed by atoms with van der Waals surface area (Å²) in [7, 11) is 0. The van der Waals surface area contributed by atoms with E-state index < -0.39 is 24.2 Å². The molecule has 0 bridgehead atoms. The van der Waals surface area contributed by atoms with E-state index in [1.165, 1.54) is 18.3 Å². The van der Waals surface area contributed by atoms with E-state index in [4.69, 9.17) is 5.73 Å². The second-order valence-corrected chi connectivity index (χ2v) is 5.01. The molecule has 0 unspecified atom stereocenters. The maximum atomic E-state index is 12.2. The number of hydrogen-bond acceptors (Lipinski definition) is 4. The van der Waals surface area contributed by atoms with Crippen molar-refractivity contribution in [3.05, 3.63) is 23.9 Å². The number of alkyl halides is 3. The summed E-state index contributed by atoms with van der Waals surface area (Å²) in [6, 6.07) is 2.80. The van der Waals surface area contributed by atoms with Gasteiger partial charge in [0.15, 0.2) is 6.61 Å². The van der Waals surface area contributed by atoms with Crippen molar-refractivity contribution in [1.29, 1.82) is 0 Å². The lowest BCUT2D eigenvalue weighted by Crippen LogP contribution is -2.49. The molecule has 0 fully saturated rings. The number of halogens is 5. The molecule has 5 nitrogen and oxygen atoms in total. The van der Waals surface area contributed by atoms with Crippen LogP contribution in [-0.4, -0.2) is 35.8 Å². The molecule has 3 N–H and O–H groups in total. The first kappa shape index (κ1) is 25.0. The number of nitrogens with two attached hydrogens (primary N) is 1. The number of nitrogens with one attached hydrogen (secondary N) is 1. The zero-order chi connectivity index (χ0) is 16.8. The van der Waals surface area contributed by atoms with Crippen molar-refractivity contribution in [3.63, 3.8) is 0 Å². The molecule has 0 spiro atoms. The first-order chi connectivity index (χ1) is 10.2. The molecule has 1 heterocycles. The number of pyridine rings is 1. The minimum atomic E-state index is -4.50. The smallest absolute Gasteiger partial charge is 0.422 e. The summed E-state index contributed by atoms with van der Waals surface area (Å²) in [4.78, 5) is 15.8. The summed E-state index contributed by atoms with van der Waals surface area (Å²) in [5.74, 6) is -0.921. The second kappa shape index (κ2) is 10.6. The third-order valence-corrected chi connectivity index (χ3v) is 3.40. The van der Waals surface area contributed by atoms with Crippen LogP contribution in [0.3, 0.4) is 0 Å². The van der Waals surface area contributed by atoms with Crippen molar-refractivity contribution in [2.24, 2.45) is 5.73 Å². The van der Waals surface area contributed by atoms with Gasteiger partial charge in [-0.3, -0.25) is 4.79 Å². The molecule has 0 aliphatic carbocycles. The molecule has 0 aromatic carbocycles. The number of nitrogens with zero attached hydrogens (tertiary/aromatic N) is 1. The van der Waals surface area contributed by atoms with E-state index in [0.29, 0.717) is 12.8 Å². The standard InChI is InChI=1S/C14H20F3N3O2.2ClH/c1-3-13(18,4-2)8-20-11(21)10-6-5-7-19-12(10)22-9-14(15,16)17;;/h5-7H,3-4,8-9,18H2,1-2H3,(H,20,21);2*1H. The Kier molecular flexibility index (Phi) is 11.0. The van der Waals surface area contributed by atoms with Crippen LogP contribution in [0.5, 0.6) is 5.88 Å². The molecule has 10 heteroatoms. The maximum Gasteiger partial charge on any atom is 0.422 e. The Morgan fingerprint density at radius 1 is 1.29 bits per heavy atom. The molecule has 140 valence electrons. The summed E-state index contributed by atoms with van der Waals surface area (Å²) in [6.07, 6.45) is -1.92. The highest BCUT2D eigenvalue weighted by molar-refractivity contribution is 5.96. The largest absolute Gasteiger partial charge is 0.467 e. The first-order valence-corrected chi connectivity index (χ1v) is 6.92. The van der Waals surface area contributed by atoms with E-state index in [-0.39, 0.29) is 42.8 Å². The minimum absolute atomic E-state index is 0. The summed E-state index contributed by atoms with van der Waals surface area (Å²) in [5, 5.41) is 2.61. The normalized spacial score (nSPS) is 11.1. The van der Waals surface area contributed by atoms with E-state index >= 15 is 0 Å². The second-order valence-electron chi connectivity index (χ2n) is 5.01. The quantitative estimate of drug-likeness (QED) is 0.748. The highest BCUT2D eigenvalue weighted by Crippen LogP contribution is 2.20. The monoisotopic (exact) mass is 391 g/mol. The Morgan fingerprint density at radius 3 is 2.38 bits per heavy atom. The van der Waals surface area contributed by atoms with E-state index in [9.17, 15) is 18.0 Å². The number of aromatic nitrogens is 1. The molecule has 24 heavy (non-hydrogen) atoms. The maximum absolute atomic E-state index is 12.2. The van der Waals surface area contributed by atoms with Crippen LogP contribution in [0.4, 0.5) is 13.2 Å². The lowest BCUT2D eigenvalue weighted by Gasteiger charge is -2.26. The van der Waals surface area contributed by atoms with Crippen molar-refractivity contribution >= 4 is 30.7 Å². The van der Waals surface area contributed by atoms with Crippen LogP contribution in [0.25, 0.3) is 0 Å². The van der Waals surface area contributed by atoms with E-state index in [1.54, 1.807) is 0 Å². The van der Waals surface area contributed by atoms with Gasteiger partial charge < -0.3 is 15.8 Å². The molecule has 1 aromatic heterocycles. The predicted molar refractivity (Wildman–Crippen MR) is 90.1 cm³/mol. The fourth-order valence-corrected chi connectivity index (χ4v) is 1.68. The SMILES string of the molecule is CCC(N)(CC)CNC(=O)c1cccnc1OCC(F)(F)F.Cl.Cl. The van der Waals surface area contributed by atoms with E-state index in [2.05, 4.69) is 15.0 Å². The third kappa shape index (κ3) is 8.03. The number of ether oxygens (including phenoxy) is 1. The van der Waals surface area contributed by atoms with Crippen LogP contribution in [0, 0.1) is 0 Å². The van der Waals surface area contributed by atoms with Crippen LogP contribution < -0.4 is 15.8 Å². The summed E-state index contributed by atoms with van der Waals surface area (Å²) < 4.78 is 41.2. The number of carbonyl (C=O) groups excluding carboxylic acids is 1. The van der Waals surface area contributed by atoms with Crippen molar-refractivity contribution in [3.8, 4) is 5.88 Å². The highest BCUT2D eigenvalue weighted by Gasteiger charge is 2.30. The molecular weight excluding hydrogens is 370 g/mol. The Bertz CT molecular complexity index is 512. The lowest BCUT2D eigenvalue weighted by atomic mass is 9.94. The van der Waals surface area contributed by atoms with Crippen molar-refractivity contribution < 1.29 is 22.7 Å². The van der Waals surface area contributed by atoms with Gasteiger partial charge in [-0.2, -0.15) is 13.2 Å². The van der Waals surface area contributed by atoms with Crippen LogP contribution in [0.1, 0.15) is 37.0 Å². The Balaban J connectivity index is 0. The fourth-order valence-electron chi connectivity index (χ4n) is 1.68. The summed E-state index contributed by atoms with van der Waals surface area (Å²) >= 11 is 0.